The molecule has 1 N–H and O–H groups in total. The van der Waals surface area contributed by atoms with Crippen LogP contribution in [0.5, 0.6) is 0 Å². The van der Waals surface area contributed by atoms with Gasteiger partial charge >= 0.3 is 0 Å². The van der Waals surface area contributed by atoms with E-state index in [0.29, 0.717) is 6.04 Å². The number of pyridine rings is 1. The van der Waals surface area contributed by atoms with Gasteiger partial charge in [-0.2, -0.15) is 0 Å². The topological polar surface area (TPSA) is 28.2 Å². The largest absolute Gasteiger partial charge is 0.371 e. The lowest BCUT2D eigenvalue weighted by Crippen LogP contribution is -2.41. The van der Waals surface area contributed by atoms with Crippen LogP contribution in [0.4, 0.5) is 5.69 Å². The quantitative estimate of drug-likeness (QED) is 0.867. The fourth-order valence-corrected chi connectivity index (χ4v) is 2.70. The number of nitrogens with zero attached hydrogens (tertiary/aromatic N) is 2. The third-order valence-electron chi connectivity index (χ3n) is 4.03. The first-order valence-electron chi connectivity index (χ1n) is 6.55. The first kappa shape index (κ1) is 12.4. The van der Waals surface area contributed by atoms with Crippen molar-refractivity contribution in [2.45, 2.75) is 32.7 Å². The Morgan fingerprint density at radius 2 is 2.12 bits per heavy atom. The van der Waals surface area contributed by atoms with Crippen LogP contribution in [0.2, 0.25) is 0 Å². The van der Waals surface area contributed by atoms with Crippen LogP contribution in [-0.2, 0) is 0 Å². The van der Waals surface area contributed by atoms with Crippen molar-refractivity contribution in [3.05, 3.63) is 24.0 Å². The van der Waals surface area contributed by atoms with Crippen LogP contribution in [0.15, 0.2) is 18.5 Å². The molecule has 1 aliphatic heterocycles. The number of aryl methyl sites for hydroxylation is 1. The highest BCUT2D eigenvalue weighted by Gasteiger charge is 2.23. The molecule has 0 spiro atoms. The van der Waals surface area contributed by atoms with Crippen molar-refractivity contribution in [3.63, 3.8) is 0 Å². The second kappa shape index (κ2) is 5.50. The van der Waals surface area contributed by atoms with Gasteiger partial charge in [-0.25, -0.2) is 0 Å². The van der Waals surface area contributed by atoms with Crippen molar-refractivity contribution in [1.82, 2.24) is 10.3 Å². The van der Waals surface area contributed by atoms with Gasteiger partial charge in [-0.3, -0.25) is 4.98 Å². The molecule has 3 nitrogen and oxygen atoms in total. The van der Waals surface area contributed by atoms with E-state index in [1.54, 1.807) is 0 Å². The van der Waals surface area contributed by atoms with Crippen LogP contribution in [-0.4, -0.2) is 31.2 Å². The zero-order chi connectivity index (χ0) is 12.3. The van der Waals surface area contributed by atoms with Crippen molar-refractivity contribution in [1.29, 1.82) is 0 Å². The number of rotatable bonds is 3. The van der Waals surface area contributed by atoms with E-state index >= 15 is 0 Å². The summed E-state index contributed by atoms with van der Waals surface area (Å²) < 4.78 is 0. The van der Waals surface area contributed by atoms with E-state index in [2.05, 4.69) is 42.2 Å². The maximum absolute atomic E-state index is 4.16. The van der Waals surface area contributed by atoms with E-state index in [-0.39, 0.29) is 0 Å². The van der Waals surface area contributed by atoms with Gasteiger partial charge in [0, 0.05) is 37.2 Å². The second-order valence-corrected chi connectivity index (χ2v) is 5.06. The van der Waals surface area contributed by atoms with E-state index in [9.17, 15) is 0 Å². The van der Waals surface area contributed by atoms with Gasteiger partial charge in [-0.05, 0) is 51.3 Å². The van der Waals surface area contributed by atoms with Gasteiger partial charge in [0.2, 0.25) is 0 Å². The van der Waals surface area contributed by atoms with Crippen molar-refractivity contribution in [2.24, 2.45) is 5.92 Å². The Morgan fingerprint density at radius 1 is 1.41 bits per heavy atom. The summed E-state index contributed by atoms with van der Waals surface area (Å²) in [6.45, 7) is 6.77. The normalized spacial score (nSPS) is 19.4. The summed E-state index contributed by atoms with van der Waals surface area (Å²) in [4.78, 5) is 6.66. The predicted molar refractivity (Wildman–Crippen MR) is 72.4 cm³/mol. The summed E-state index contributed by atoms with van der Waals surface area (Å²) in [6.07, 6.45) is 6.41. The average molecular weight is 233 g/mol. The molecule has 0 bridgehead atoms. The SMILES string of the molecule is CNC(C)C1CCN(c2ccncc2C)CC1. The summed E-state index contributed by atoms with van der Waals surface area (Å²) in [5, 5.41) is 3.37. The first-order chi connectivity index (χ1) is 8.22. The van der Waals surface area contributed by atoms with E-state index in [1.807, 2.05) is 12.4 Å². The number of nitrogens with one attached hydrogen (secondary N) is 1. The van der Waals surface area contributed by atoms with Crippen LogP contribution < -0.4 is 10.2 Å². The fourth-order valence-electron chi connectivity index (χ4n) is 2.70. The van der Waals surface area contributed by atoms with Crippen molar-refractivity contribution >= 4 is 5.69 Å². The molecule has 17 heavy (non-hydrogen) atoms. The Balaban J connectivity index is 1.98. The molecule has 0 saturated carbocycles. The molecule has 1 aromatic heterocycles. The highest BCUT2D eigenvalue weighted by molar-refractivity contribution is 5.51. The van der Waals surface area contributed by atoms with Crippen molar-refractivity contribution < 1.29 is 0 Å². The number of hydrogen-bond acceptors (Lipinski definition) is 3. The summed E-state index contributed by atoms with van der Waals surface area (Å²) in [6, 6.07) is 2.77. The Hall–Kier alpha value is -1.09. The smallest absolute Gasteiger partial charge is 0.0426 e. The lowest BCUT2D eigenvalue weighted by molar-refractivity contribution is 0.323. The summed E-state index contributed by atoms with van der Waals surface area (Å²) >= 11 is 0. The monoisotopic (exact) mass is 233 g/mol. The van der Waals surface area contributed by atoms with Gasteiger partial charge in [0.05, 0.1) is 0 Å². The molecule has 0 aliphatic carbocycles. The summed E-state index contributed by atoms with van der Waals surface area (Å²) in [5.41, 5.74) is 2.64. The van der Waals surface area contributed by atoms with Crippen LogP contribution in [0.1, 0.15) is 25.3 Å². The minimum Gasteiger partial charge on any atom is -0.371 e. The standard InChI is InChI=1S/C14H23N3/c1-11-10-16-7-4-14(11)17-8-5-13(6-9-17)12(2)15-3/h4,7,10,12-13,15H,5-6,8-9H2,1-3H3. The maximum Gasteiger partial charge on any atom is 0.0426 e. The molecule has 2 heterocycles. The molecule has 1 aliphatic rings. The van der Waals surface area contributed by atoms with E-state index in [4.69, 9.17) is 0 Å². The van der Waals surface area contributed by atoms with E-state index in [0.717, 1.165) is 5.92 Å². The lowest BCUT2D eigenvalue weighted by Gasteiger charge is -2.36. The maximum atomic E-state index is 4.16. The van der Waals surface area contributed by atoms with Crippen LogP contribution in [0.25, 0.3) is 0 Å². The third kappa shape index (κ3) is 2.78. The van der Waals surface area contributed by atoms with Gasteiger partial charge in [-0.15, -0.1) is 0 Å². The minimum atomic E-state index is 0.635. The van der Waals surface area contributed by atoms with Crippen LogP contribution >= 0.6 is 0 Å². The van der Waals surface area contributed by atoms with Gasteiger partial charge in [-0.1, -0.05) is 0 Å². The Bertz CT molecular complexity index is 356. The molecular weight excluding hydrogens is 210 g/mol. The van der Waals surface area contributed by atoms with Gasteiger partial charge in [0.15, 0.2) is 0 Å². The lowest BCUT2D eigenvalue weighted by atomic mass is 9.90. The molecule has 1 fully saturated rings. The van der Waals surface area contributed by atoms with Crippen molar-refractivity contribution in [3.8, 4) is 0 Å². The third-order valence-corrected chi connectivity index (χ3v) is 4.03. The molecular formula is C14H23N3. The van der Waals surface area contributed by atoms with E-state index in [1.165, 1.54) is 37.2 Å². The number of anilines is 1. The summed E-state index contributed by atoms with van der Waals surface area (Å²) in [5.74, 6) is 0.818. The number of piperidine rings is 1. The van der Waals surface area contributed by atoms with Gasteiger partial charge < -0.3 is 10.2 Å². The van der Waals surface area contributed by atoms with Gasteiger partial charge in [0.25, 0.3) is 0 Å². The predicted octanol–water partition coefficient (Wildman–Crippen LogP) is 2.21. The average Bonchev–Trinajstić information content (AvgIpc) is 2.39. The molecule has 0 radical (unpaired) electrons. The molecule has 1 atom stereocenters. The number of hydrogen-bond donors (Lipinski definition) is 1. The van der Waals surface area contributed by atoms with Crippen LogP contribution in [0, 0.1) is 12.8 Å². The first-order valence-corrected chi connectivity index (χ1v) is 6.55. The molecule has 1 saturated heterocycles. The zero-order valence-corrected chi connectivity index (χ0v) is 11.1. The molecule has 1 aromatic rings. The Kier molecular flexibility index (Phi) is 4.00. The Labute approximate surface area is 104 Å². The highest BCUT2D eigenvalue weighted by Crippen LogP contribution is 2.26. The fraction of sp³-hybridized carbons (Fsp3) is 0.643. The number of aromatic nitrogens is 1. The molecule has 1 unspecified atom stereocenters. The second-order valence-electron chi connectivity index (χ2n) is 5.06. The van der Waals surface area contributed by atoms with Crippen molar-refractivity contribution in [2.75, 3.05) is 25.0 Å². The Morgan fingerprint density at radius 3 is 2.71 bits per heavy atom. The summed E-state index contributed by atoms with van der Waals surface area (Å²) in [7, 11) is 2.06. The minimum absolute atomic E-state index is 0.635. The molecule has 94 valence electrons. The van der Waals surface area contributed by atoms with Gasteiger partial charge in [0.1, 0.15) is 0 Å². The molecule has 2 rings (SSSR count). The molecule has 0 aromatic carbocycles. The van der Waals surface area contributed by atoms with E-state index < -0.39 is 0 Å². The molecule has 3 heteroatoms. The zero-order valence-electron chi connectivity index (χ0n) is 11.1. The van der Waals surface area contributed by atoms with Crippen LogP contribution in [0.3, 0.4) is 0 Å². The molecule has 0 amide bonds. The highest BCUT2D eigenvalue weighted by atomic mass is 15.1.